The molecule has 1 aromatic carbocycles. The molecule has 2 aliphatic rings. The molecule has 1 fully saturated rings. The average molecular weight is 492 g/mol. The van der Waals surface area contributed by atoms with Gasteiger partial charge in [-0.15, -0.1) is 6.58 Å². The Morgan fingerprint density at radius 3 is 2.43 bits per heavy atom. The van der Waals surface area contributed by atoms with Gasteiger partial charge in [-0.05, 0) is 75.0 Å². The number of fused-ring (bicyclic) bond motifs is 2. The molecule has 0 radical (unpaired) electrons. The van der Waals surface area contributed by atoms with Crippen molar-refractivity contribution in [2.24, 2.45) is 17.8 Å². The molecule has 0 aromatic heterocycles. The fraction of sp³-hybridized carbons (Fsp3) is 0.519. The van der Waals surface area contributed by atoms with Crippen LogP contribution in [0, 0.1) is 17.8 Å². The smallest absolute Gasteiger partial charge is 0.173 e. The lowest BCUT2D eigenvalue weighted by Gasteiger charge is -2.40. The van der Waals surface area contributed by atoms with Crippen LogP contribution in [0.15, 0.2) is 23.8 Å². The number of rotatable bonds is 9. The van der Waals surface area contributed by atoms with Crippen molar-refractivity contribution in [1.82, 2.24) is 0 Å². The summed E-state index contributed by atoms with van der Waals surface area (Å²) in [6, 6.07) is 1.92. The summed E-state index contributed by atoms with van der Waals surface area (Å²) in [7, 11) is 3.78. The third kappa shape index (κ3) is 5.49. The summed E-state index contributed by atoms with van der Waals surface area (Å²) >= 11 is 0. The number of allylic oxidation sites excluding steroid dienone is 2. The topological polar surface area (TPSA) is 147 Å². The molecule has 0 aliphatic heterocycles. The SMILES string of the molecule is C=C(C)CCc1cc(N(C)C)c2c(c1O)C(O)=C1C(=O)C(C(=O)CC(C)=O)C(CCO)CC1C2.O.[HH].[HH]. The van der Waals surface area contributed by atoms with Crippen LogP contribution in [-0.4, -0.2) is 58.8 Å². The van der Waals surface area contributed by atoms with E-state index in [0.29, 0.717) is 31.2 Å². The summed E-state index contributed by atoms with van der Waals surface area (Å²) < 4.78 is 0. The molecule has 1 aromatic rings. The molecular formula is C27H41NO7. The van der Waals surface area contributed by atoms with E-state index < -0.39 is 23.4 Å². The Morgan fingerprint density at radius 2 is 1.89 bits per heavy atom. The lowest BCUT2D eigenvalue weighted by Crippen LogP contribution is -2.43. The number of hydrogen-bond donors (Lipinski definition) is 3. The summed E-state index contributed by atoms with van der Waals surface area (Å²) in [5.41, 5.74) is 3.64. The quantitative estimate of drug-likeness (QED) is 0.355. The zero-order valence-electron chi connectivity index (χ0n) is 21.0. The van der Waals surface area contributed by atoms with E-state index in [9.17, 15) is 29.7 Å². The van der Waals surface area contributed by atoms with Gasteiger partial charge in [0, 0.05) is 34.8 Å². The fourth-order valence-electron chi connectivity index (χ4n) is 5.44. The Kier molecular flexibility index (Phi) is 9.03. The maximum Gasteiger partial charge on any atom is 0.173 e. The van der Waals surface area contributed by atoms with Crippen molar-refractivity contribution in [3.63, 3.8) is 0 Å². The Hall–Kier alpha value is -2.97. The molecule has 196 valence electrons. The van der Waals surface area contributed by atoms with Crippen LogP contribution in [0.25, 0.3) is 5.76 Å². The molecule has 0 spiro atoms. The van der Waals surface area contributed by atoms with Crippen LogP contribution < -0.4 is 4.90 Å². The van der Waals surface area contributed by atoms with Crippen LogP contribution in [0.1, 0.15) is 59.1 Å². The van der Waals surface area contributed by atoms with Gasteiger partial charge in [-0.1, -0.05) is 5.57 Å². The molecule has 2 aliphatic carbocycles. The van der Waals surface area contributed by atoms with Gasteiger partial charge in [-0.3, -0.25) is 14.4 Å². The number of carbonyl (C=O) groups excluding carboxylic acids is 3. The normalized spacial score (nSPS) is 21.1. The molecule has 5 N–H and O–H groups in total. The number of phenols is 1. The molecule has 0 saturated heterocycles. The van der Waals surface area contributed by atoms with Gasteiger partial charge in [0.05, 0.1) is 17.9 Å². The average Bonchev–Trinajstić information content (AvgIpc) is 2.72. The van der Waals surface area contributed by atoms with Crippen LogP contribution in [0.4, 0.5) is 5.69 Å². The fourth-order valence-corrected chi connectivity index (χ4v) is 5.44. The first-order valence-corrected chi connectivity index (χ1v) is 11.8. The molecule has 35 heavy (non-hydrogen) atoms. The largest absolute Gasteiger partial charge is 0.507 e. The predicted molar refractivity (Wildman–Crippen MR) is 139 cm³/mol. The number of nitrogens with zero attached hydrogens (tertiary/aromatic N) is 1. The number of ketones is 3. The van der Waals surface area contributed by atoms with Crippen molar-refractivity contribution in [2.45, 2.75) is 52.4 Å². The number of phenolic OH excluding ortho intramolecular Hbond substituents is 1. The van der Waals surface area contributed by atoms with Crippen LogP contribution in [0.2, 0.25) is 0 Å². The Labute approximate surface area is 209 Å². The minimum absolute atomic E-state index is 0. The number of anilines is 1. The maximum atomic E-state index is 13.6. The van der Waals surface area contributed by atoms with Crippen molar-refractivity contribution in [1.29, 1.82) is 0 Å². The van der Waals surface area contributed by atoms with E-state index in [-0.39, 0.29) is 62.1 Å². The van der Waals surface area contributed by atoms with Crippen molar-refractivity contribution >= 4 is 28.8 Å². The van der Waals surface area contributed by atoms with Gasteiger partial charge in [0.1, 0.15) is 17.3 Å². The second-order valence-electron chi connectivity index (χ2n) is 9.97. The van der Waals surface area contributed by atoms with E-state index in [1.54, 1.807) is 0 Å². The minimum atomic E-state index is -1.08. The third-order valence-electron chi connectivity index (χ3n) is 6.99. The van der Waals surface area contributed by atoms with E-state index in [1.165, 1.54) is 6.92 Å². The number of aliphatic hydroxyl groups is 2. The van der Waals surface area contributed by atoms with Gasteiger partial charge in [0.15, 0.2) is 11.6 Å². The van der Waals surface area contributed by atoms with Crippen molar-refractivity contribution in [3.8, 4) is 5.75 Å². The van der Waals surface area contributed by atoms with Crippen LogP contribution >= 0.6 is 0 Å². The molecule has 1 saturated carbocycles. The second kappa shape index (κ2) is 11.2. The van der Waals surface area contributed by atoms with Crippen molar-refractivity contribution in [3.05, 3.63) is 40.5 Å². The minimum Gasteiger partial charge on any atom is -0.507 e. The first-order valence-electron chi connectivity index (χ1n) is 11.8. The second-order valence-corrected chi connectivity index (χ2v) is 9.97. The van der Waals surface area contributed by atoms with Crippen molar-refractivity contribution in [2.75, 3.05) is 25.6 Å². The summed E-state index contributed by atoms with van der Waals surface area (Å²) in [6.07, 6.45) is 1.98. The number of benzene rings is 1. The van der Waals surface area contributed by atoms with Gasteiger partial charge in [-0.2, -0.15) is 0 Å². The van der Waals surface area contributed by atoms with E-state index in [2.05, 4.69) is 6.58 Å². The molecule has 3 atom stereocenters. The zero-order chi connectivity index (χ0) is 25.3. The number of aliphatic hydroxyl groups excluding tert-OH is 2. The highest BCUT2D eigenvalue weighted by molar-refractivity contribution is 6.17. The molecule has 0 bridgehead atoms. The first kappa shape index (κ1) is 28.3. The number of aromatic hydroxyl groups is 1. The van der Waals surface area contributed by atoms with Gasteiger partial charge < -0.3 is 25.7 Å². The molecule has 3 unspecified atom stereocenters. The summed E-state index contributed by atoms with van der Waals surface area (Å²) in [6.45, 7) is 6.96. The first-order chi connectivity index (χ1) is 16.0. The highest BCUT2D eigenvalue weighted by atomic mass is 16.3. The van der Waals surface area contributed by atoms with Crippen LogP contribution in [0.3, 0.4) is 0 Å². The number of aryl methyl sites for hydroxylation is 1. The van der Waals surface area contributed by atoms with E-state index in [1.807, 2.05) is 32.0 Å². The molecule has 3 rings (SSSR count). The Balaban J connectivity index is 0.00000432. The highest BCUT2D eigenvalue weighted by Gasteiger charge is 2.47. The van der Waals surface area contributed by atoms with E-state index in [4.69, 9.17) is 0 Å². The van der Waals surface area contributed by atoms with Gasteiger partial charge in [0.2, 0.25) is 0 Å². The Bertz CT molecular complexity index is 1080. The molecule has 0 heterocycles. The number of Topliss-reactive ketones (excluding diaryl/α,β-unsaturated/α-hetero) is 3. The lowest BCUT2D eigenvalue weighted by molar-refractivity contribution is -0.137. The molecule has 8 heteroatoms. The molecule has 0 amide bonds. The number of hydrogen-bond acceptors (Lipinski definition) is 7. The molecular weight excluding hydrogens is 450 g/mol. The van der Waals surface area contributed by atoms with E-state index in [0.717, 1.165) is 16.8 Å². The zero-order valence-corrected chi connectivity index (χ0v) is 21.0. The highest BCUT2D eigenvalue weighted by Crippen LogP contribution is 2.50. The van der Waals surface area contributed by atoms with Gasteiger partial charge >= 0.3 is 0 Å². The third-order valence-corrected chi connectivity index (χ3v) is 6.99. The Morgan fingerprint density at radius 1 is 1.23 bits per heavy atom. The van der Waals surface area contributed by atoms with Gasteiger partial charge in [0.25, 0.3) is 0 Å². The predicted octanol–water partition coefficient (Wildman–Crippen LogP) is 3.21. The van der Waals surface area contributed by atoms with E-state index >= 15 is 0 Å². The standard InChI is InChI=1S/C27H35NO6.H2O.2H2/c1-14(2)6-7-17-13-20(28(4)5)19-12-18-11-16(8-9-29)22(21(31)10-15(3)30)26(33)23(18)27(34)24(19)25(17)32;;;/h13,16,18,22,29,32,34H,1,6-12H2,2-5H3;1H2;2*1H. The molecule has 8 nitrogen and oxygen atoms in total. The van der Waals surface area contributed by atoms with Crippen LogP contribution in [0.5, 0.6) is 5.75 Å². The van der Waals surface area contributed by atoms with Crippen molar-refractivity contribution < 1.29 is 38.0 Å². The van der Waals surface area contributed by atoms with Crippen LogP contribution in [-0.2, 0) is 27.2 Å². The summed E-state index contributed by atoms with van der Waals surface area (Å²) in [5, 5.41) is 32.0. The lowest BCUT2D eigenvalue weighted by atomic mass is 9.63. The maximum absolute atomic E-state index is 13.6. The monoisotopic (exact) mass is 491 g/mol. The number of carbonyl (C=O) groups is 3. The van der Waals surface area contributed by atoms with Gasteiger partial charge in [-0.25, -0.2) is 0 Å². The summed E-state index contributed by atoms with van der Waals surface area (Å²) in [5.74, 6) is -3.45. The summed E-state index contributed by atoms with van der Waals surface area (Å²) in [4.78, 5) is 39.9.